The summed E-state index contributed by atoms with van der Waals surface area (Å²) in [4.78, 5) is 28.0. The topological polar surface area (TPSA) is 59.1 Å². The molecule has 0 saturated heterocycles. The number of aryl methyl sites for hydroxylation is 1. The number of carbonyl (C=O) groups is 2. The molecule has 2 aromatic carbocycles. The lowest BCUT2D eigenvalue weighted by Crippen LogP contribution is -2.31. The number of methoxy groups -OCH3 is 1. The van der Waals surface area contributed by atoms with E-state index in [0.29, 0.717) is 12.3 Å². The quantitative estimate of drug-likeness (QED) is 0.655. The summed E-state index contributed by atoms with van der Waals surface area (Å²) in [5.74, 6) is -0.0746. The molecular formula is C22H28N2O4. The maximum atomic E-state index is 12.3. The molecule has 0 spiro atoms. The number of likely N-dealkylation sites (N-methyl/N-ethyl adjacent to an activating group) is 1. The SMILES string of the molecule is COc1ccc(C)cc1CC(=O)OCC(=O)N(C)Cc1ccc(N(C)C)cc1. The minimum Gasteiger partial charge on any atom is -0.496 e. The van der Waals surface area contributed by atoms with E-state index >= 15 is 0 Å². The molecule has 6 heteroatoms. The maximum Gasteiger partial charge on any atom is 0.310 e. The maximum absolute atomic E-state index is 12.3. The highest BCUT2D eigenvalue weighted by atomic mass is 16.5. The Kier molecular flexibility index (Phi) is 7.44. The van der Waals surface area contributed by atoms with E-state index in [9.17, 15) is 9.59 Å². The van der Waals surface area contributed by atoms with Crippen LogP contribution >= 0.6 is 0 Å². The van der Waals surface area contributed by atoms with Gasteiger partial charge in [-0.25, -0.2) is 0 Å². The molecule has 2 aromatic rings. The zero-order valence-corrected chi connectivity index (χ0v) is 17.2. The fraction of sp³-hybridized carbons (Fsp3) is 0.364. The number of ether oxygens (including phenoxy) is 2. The van der Waals surface area contributed by atoms with Crippen molar-refractivity contribution >= 4 is 17.6 Å². The number of hydrogen-bond acceptors (Lipinski definition) is 5. The highest BCUT2D eigenvalue weighted by Gasteiger charge is 2.15. The second-order valence-electron chi connectivity index (χ2n) is 6.96. The van der Waals surface area contributed by atoms with Crippen LogP contribution in [0.5, 0.6) is 5.75 Å². The Morgan fingerprint density at radius 2 is 1.68 bits per heavy atom. The molecule has 0 radical (unpaired) electrons. The van der Waals surface area contributed by atoms with E-state index in [1.807, 2.05) is 68.4 Å². The first-order valence-corrected chi connectivity index (χ1v) is 9.09. The molecule has 0 aliphatic heterocycles. The molecule has 0 unspecified atom stereocenters. The molecular weight excluding hydrogens is 356 g/mol. The van der Waals surface area contributed by atoms with Crippen LogP contribution in [0.4, 0.5) is 5.69 Å². The molecule has 0 heterocycles. The number of anilines is 1. The minimum atomic E-state index is -0.457. The van der Waals surface area contributed by atoms with Gasteiger partial charge >= 0.3 is 5.97 Å². The van der Waals surface area contributed by atoms with Gasteiger partial charge in [0.05, 0.1) is 13.5 Å². The molecule has 0 aliphatic carbocycles. The molecule has 0 aliphatic rings. The number of amides is 1. The van der Waals surface area contributed by atoms with Crippen molar-refractivity contribution in [2.45, 2.75) is 19.9 Å². The van der Waals surface area contributed by atoms with Gasteiger partial charge in [0.25, 0.3) is 5.91 Å². The number of carbonyl (C=O) groups excluding carboxylic acids is 2. The summed E-state index contributed by atoms with van der Waals surface area (Å²) in [6.45, 7) is 2.12. The Balaban J connectivity index is 1.85. The van der Waals surface area contributed by atoms with Gasteiger partial charge in [-0.15, -0.1) is 0 Å². The van der Waals surface area contributed by atoms with Crippen LogP contribution in [-0.4, -0.2) is 51.6 Å². The largest absolute Gasteiger partial charge is 0.496 e. The predicted octanol–water partition coefficient (Wildman–Crippen LogP) is 2.81. The third-order valence-corrected chi connectivity index (χ3v) is 4.43. The lowest BCUT2D eigenvalue weighted by molar-refractivity contribution is -0.151. The highest BCUT2D eigenvalue weighted by Crippen LogP contribution is 2.20. The van der Waals surface area contributed by atoms with Gasteiger partial charge in [0.15, 0.2) is 6.61 Å². The van der Waals surface area contributed by atoms with Gasteiger partial charge in [-0.05, 0) is 30.7 Å². The van der Waals surface area contributed by atoms with Gasteiger partial charge in [-0.1, -0.05) is 29.8 Å². The normalized spacial score (nSPS) is 10.3. The third kappa shape index (κ3) is 6.01. The fourth-order valence-corrected chi connectivity index (χ4v) is 2.77. The van der Waals surface area contributed by atoms with E-state index in [1.165, 1.54) is 0 Å². The van der Waals surface area contributed by atoms with Gasteiger partial charge in [-0.2, -0.15) is 0 Å². The highest BCUT2D eigenvalue weighted by molar-refractivity contribution is 5.81. The average Bonchev–Trinajstić information content (AvgIpc) is 2.66. The Hall–Kier alpha value is -3.02. The molecule has 0 N–H and O–H groups in total. The molecule has 6 nitrogen and oxygen atoms in total. The minimum absolute atomic E-state index is 0.0633. The molecule has 0 atom stereocenters. The molecule has 0 bridgehead atoms. The first kappa shape index (κ1) is 21.3. The predicted molar refractivity (Wildman–Crippen MR) is 110 cm³/mol. The van der Waals surface area contributed by atoms with Crippen molar-refractivity contribution in [2.24, 2.45) is 0 Å². The molecule has 2 rings (SSSR count). The molecule has 28 heavy (non-hydrogen) atoms. The number of rotatable bonds is 8. The average molecular weight is 384 g/mol. The van der Waals surface area contributed by atoms with Gasteiger partial charge in [0, 0.05) is 38.9 Å². The second kappa shape index (κ2) is 9.78. The van der Waals surface area contributed by atoms with Gasteiger partial charge in [0.1, 0.15) is 5.75 Å². The van der Waals surface area contributed by atoms with Crippen LogP contribution in [0.2, 0.25) is 0 Å². The first-order chi connectivity index (χ1) is 13.3. The van der Waals surface area contributed by atoms with Crippen molar-refractivity contribution in [3.8, 4) is 5.75 Å². The van der Waals surface area contributed by atoms with E-state index in [-0.39, 0.29) is 18.9 Å². The summed E-state index contributed by atoms with van der Waals surface area (Å²) in [7, 11) is 7.21. The first-order valence-electron chi connectivity index (χ1n) is 9.09. The van der Waals surface area contributed by atoms with Crippen LogP contribution in [0.1, 0.15) is 16.7 Å². The van der Waals surface area contributed by atoms with Crippen molar-refractivity contribution in [3.05, 3.63) is 59.2 Å². The zero-order chi connectivity index (χ0) is 20.7. The van der Waals surface area contributed by atoms with Crippen LogP contribution in [0.15, 0.2) is 42.5 Å². The summed E-state index contributed by atoms with van der Waals surface area (Å²) >= 11 is 0. The fourth-order valence-electron chi connectivity index (χ4n) is 2.77. The van der Waals surface area contributed by atoms with Crippen LogP contribution in [-0.2, 0) is 27.3 Å². The van der Waals surface area contributed by atoms with Crippen LogP contribution in [0.3, 0.4) is 0 Å². The molecule has 150 valence electrons. The van der Waals surface area contributed by atoms with Crippen molar-refractivity contribution in [3.63, 3.8) is 0 Å². The van der Waals surface area contributed by atoms with Crippen LogP contribution < -0.4 is 9.64 Å². The van der Waals surface area contributed by atoms with Gasteiger partial charge in [0.2, 0.25) is 0 Å². The third-order valence-electron chi connectivity index (χ3n) is 4.43. The number of nitrogens with zero attached hydrogens (tertiary/aromatic N) is 2. The Morgan fingerprint density at radius 1 is 1.00 bits per heavy atom. The van der Waals surface area contributed by atoms with Crippen LogP contribution in [0, 0.1) is 6.92 Å². The Morgan fingerprint density at radius 3 is 2.29 bits per heavy atom. The molecule has 0 fully saturated rings. The summed E-state index contributed by atoms with van der Waals surface area (Å²) < 4.78 is 10.4. The lowest BCUT2D eigenvalue weighted by atomic mass is 10.1. The summed E-state index contributed by atoms with van der Waals surface area (Å²) in [6, 6.07) is 13.6. The molecule has 0 saturated carbocycles. The van der Waals surface area contributed by atoms with Crippen molar-refractivity contribution in [1.29, 1.82) is 0 Å². The Labute approximate surface area is 166 Å². The second-order valence-corrected chi connectivity index (χ2v) is 6.96. The Bertz CT molecular complexity index is 816. The van der Waals surface area contributed by atoms with Gasteiger partial charge < -0.3 is 19.3 Å². The van der Waals surface area contributed by atoms with Crippen molar-refractivity contribution in [2.75, 3.05) is 39.8 Å². The van der Waals surface area contributed by atoms with E-state index in [4.69, 9.17) is 9.47 Å². The molecule has 1 amide bonds. The molecule has 0 aromatic heterocycles. The van der Waals surface area contributed by atoms with E-state index in [0.717, 1.165) is 22.4 Å². The zero-order valence-electron chi connectivity index (χ0n) is 17.2. The van der Waals surface area contributed by atoms with Crippen molar-refractivity contribution < 1.29 is 19.1 Å². The monoisotopic (exact) mass is 384 g/mol. The summed E-state index contributed by atoms with van der Waals surface area (Å²) in [5, 5.41) is 0. The van der Waals surface area contributed by atoms with E-state index < -0.39 is 5.97 Å². The summed E-state index contributed by atoms with van der Waals surface area (Å²) in [5.41, 5.74) is 3.88. The standard InChI is InChI=1S/C22H28N2O4/c1-16-6-11-20(27-5)18(12-16)13-22(26)28-15-21(25)24(4)14-17-7-9-19(10-8-17)23(2)3/h6-12H,13-15H2,1-5H3. The lowest BCUT2D eigenvalue weighted by Gasteiger charge is -2.18. The summed E-state index contributed by atoms with van der Waals surface area (Å²) in [6.07, 6.45) is 0.0633. The number of hydrogen-bond donors (Lipinski definition) is 0. The number of benzene rings is 2. The van der Waals surface area contributed by atoms with Crippen LogP contribution in [0.25, 0.3) is 0 Å². The number of esters is 1. The van der Waals surface area contributed by atoms with E-state index in [2.05, 4.69) is 0 Å². The van der Waals surface area contributed by atoms with Gasteiger partial charge in [-0.3, -0.25) is 9.59 Å². The smallest absolute Gasteiger partial charge is 0.310 e. The van der Waals surface area contributed by atoms with E-state index in [1.54, 1.807) is 19.1 Å². The van der Waals surface area contributed by atoms with Crippen molar-refractivity contribution in [1.82, 2.24) is 4.90 Å².